The maximum Gasteiger partial charge on any atom is 0.316 e. The molecule has 0 aliphatic carbocycles. The molecule has 0 spiro atoms. The van der Waals surface area contributed by atoms with Gasteiger partial charge in [-0.1, -0.05) is 13.8 Å². The van der Waals surface area contributed by atoms with E-state index in [9.17, 15) is 14.7 Å². The number of methoxy groups -OCH3 is 1. The van der Waals surface area contributed by atoms with Crippen molar-refractivity contribution in [1.82, 2.24) is 0 Å². The number of carbonyl (C=O) groups is 2. The van der Waals surface area contributed by atoms with Crippen molar-refractivity contribution in [3.8, 4) is 5.75 Å². The number of benzene rings is 1. The van der Waals surface area contributed by atoms with Crippen LogP contribution in [0, 0.1) is 5.92 Å². The van der Waals surface area contributed by atoms with Gasteiger partial charge in [-0.25, -0.2) is 0 Å². The lowest BCUT2D eigenvalue weighted by Crippen LogP contribution is -2.22. The largest absolute Gasteiger partial charge is 0.496 e. The number of hydrogen-bond acceptors (Lipinski definition) is 4. The Hall–Kier alpha value is -1.49. The summed E-state index contributed by atoms with van der Waals surface area (Å²) in [5.74, 6) is 0.388. The Balaban J connectivity index is 2.92. The Morgan fingerprint density at radius 1 is 1.35 bits per heavy atom. The lowest BCUT2D eigenvalue weighted by Gasteiger charge is -2.17. The molecule has 1 N–H and O–H groups in total. The zero-order chi connectivity index (χ0) is 15.3. The molecule has 110 valence electrons. The molecule has 1 rings (SSSR count). The predicted octanol–water partition coefficient (Wildman–Crippen LogP) is 3.24. The Morgan fingerprint density at radius 3 is 2.45 bits per heavy atom. The highest BCUT2D eigenvalue weighted by molar-refractivity contribution is 7.99. The number of thioether (sulfide) groups is 1. The van der Waals surface area contributed by atoms with Crippen molar-refractivity contribution in [3.63, 3.8) is 0 Å². The summed E-state index contributed by atoms with van der Waals surface area (Å²) >= 11 is 1.35. The van der Waals surface area contributed by atoms with E-state index < -0.39 is 11.2 Å². The zero-order valence-corrected chi connectivity index (χ0v) is 13.0. The third kappa shape index (κ3) is 4.27. The molecule has 0 aliphatic heterocycles. The van der Waals surface area contributed by atoms with Gasteiger partial charge in [0.15, 0.2) is 5.78 Å². The fraction of sp³-hybridized carbons (Fsp3) is 0.467. The number of carboxylic acid groups (broad SMARTS) is 1. The monoisotopic (exact) mass is 296 g/mol. The van der Waals surface area contributed by atoms with Crippen LogP contribution in [0.4, 0.5) is 0 Å². The SMILES string of the molecule is COc1ccc(C(C)=O)cc1CSC(C(=O)O)C(C)C. The summed E-state index contributed by atoms with van der Waals surface area (Å²) in [7, 11) is 1.56. The third-order valence-electron chi connectivity index (χ3n) is 2.95. The number of Topliss-reactive ketones (excluding diaryl/α,β-unsaturated/α-hetero) is 1. The normalized spacial score (nSPS) is 12.2. The van der Waals surface area contributed by atoms with Crippen LogP contribution < -0.4 is 4.74 Å². The van der Waals surface area contributed by atoms with Crippen LogP contribution in [0.15, 0.2) is 18.2 Å². The Kier molecular flexibility index (Phi) is 6.07. The van der Waals surface area contributed by atoms with Crippen molar-refractivity contribution in [2.45, 2.75) is 31.8 Å². The van der Waals surface area contributed by atoms with Gasteiger partial charge in [0.1, 0.15) is 11.0 Å². The molecule has 0 saturated heterocycles. The number of rotatable bonds is 7. The summed E-state index contributed by atoms with van der Waals surface area (Å²) in [5.41, 5.74) is 1.45. The van der Waals surface area contributed by atoms with Gasteiger partial charge in [0.2, 0.25) is 0 Å². The van der Waals surface area contributed by atoms with Crippen LogP contribution in [0.25, 0.3) is 0 Å². The first-order chi connectivity index (χ1) is 9.36. The Labute approximate surface area is 123 Å². The first-order valence-electron chi connectivity index (χ1n) is 6.39. The molecule has 0 aromatic heterocycles. The first-order valence-corrected chi connectivity index (χ1v) is 7.44. The number of ether oxygens (including phenoxy) is 1. The van der Waals surface area contributed by atoms with Crippen LogP contribution >= 0.6 is 11.8 Å². The second kappa shape index (κ2) is 7.33. The van der Waals surface area contributed by atoms with E-state index in [4.69, 9.17) is 4.74 Å². The van der Waals surface area contributed by atoms with Gasteiger partial charge in [-0.15, -0.1) is 11.8 Å². The van der Waals surface area contributed by atoms with E-state index in [1.165, 1.54) is 18.7 Å². The summed E-state index contributed by atoms with van der Waals surface area (Å²) in [5, 5.41) is 8.71. The zero-order valence-electron chi connectivity index (χ0n) is 12.2. The minimum atomic E-state index is -0.813. The molecule has 1 unspecified atom stereocenters. The molecule has 0 amide bonds. The molecule has 0 saturated carbocycles. The van der Waals surface area contributed by atoms with Crippen molar-refractivity contribution >= 4 is 23.5 Å². The highest BCUT2D eigenvalue weighted by Crippen LogP contribution is 2.29. The average molecular weight is 296 g/mol. The van der Waals surface area contributed by atoms with Crippen LogP contribution in [-0.4, -0.2) is 29.2 Å². The molecule has 0 aliphatic rings. The van der Waals surface area contributed by atoms with Crippen LogP contribution in [0.1, 0.15) is 36.7 Å². The van der Waals surface area contributed by atoms with Crippen molar-refractivity contribution in [2.24, 2.45) is 5.92 Å². The standard InChI is InChI=1S/C15H20O4S/c1-9(2)14(15(17)18)20-8-12-7-11(10(3)16)5-6-13(12)19-4/h5-7,9,14H,8H2,1-4H3,(H,17,18). The number of aliphatic carboxylic acids is 1. The molecular weight excluding hydrogens is 276 g/mol. The van der Waals surface area contributed by atoms with E-state index in [-0.39, 0.29) is 11.7 Å². The predicted molar refractivity (Wildman–Crippen MR) is 80.6 cm³/mol. The minimum absolute atomic E-state index is 0.0162. The number of hydrogen-bond donors (Lipinski definition) is 1. The molecule has 0 radical (unpaired) electrons. The highest BCUT2D eigenvalue weighted by atomic mass is 32.2. The summed E-state index contributed by atoms with van der Waals surface area (Å²) < 4.78 is 5.26. The second-order valence-corrected chi connectivity index (χ2v) is 6.03. The van der Waals surface area contributed by atoms with E-state index >= 15 is 0 Å². The van der Waals surface area contributed by atoms with Gasteiger partial charge in [0.05, 0.1) is 7.11 Å². The molecule has 4 nitrogen and oxygen atoms in total. The summed E-state index contributed by atoms with van der Waals surface area (Å²) in [4.78, 5) is 22.6. The number of ketones is 1. The van der Waals surface area contributed by atoms with Gasteiger partial charge < -0.3 is 9.84 Å². The van der Waals surface area contributed by atoms with Crippen LogP contribution in [-0.2, 0) is 10.5 Å². The summed E-state index contributed by atoms with van der Waals surface area (Å²) in [6.07, 6.45) is 0. The lowest BCUT2D eigenvalue weighted by atomic mass is 10.1. The van der Waals surface area contributed by atoms with Crippen molar-refractivity contribution in [2.75, 3.05) is 7.11 Å². The van der Waals surface area contributed by atoms with Gasteiger partial charge in [-0.2, -0.15) is 0 Å². The topological polar surface area (TPSA) is 63.6 Å². The molecule has 0 bridgehead atoms. The number of carboxylic acids is 1. The van der Waals surface area contributed by atoms with Gasteiger partial charge in [0.25, 0.3) is 0 Å². The molecule has 20 heavy (non-hydrogen) atoms. The maximum atomic E-state index is 11.4. The molecule has 5 heteroatoms. The Bertz CT molecular complexity index is 497. The van der Waals surface area contributed by atoms with Crippen LogP contribution in [0.5, 0.6) is 5.75 Å². The fourth-order valence-electron chi connectivity index (χ4n) is 1.84. The quantitative estimate of drug-likeness (QED) is 0.783. The summed E-state index contributed by atoms with van der Waals surface area (Å²) in [6, 6.07) is 5.23. The van der Waals surface area contributed by atoms with Gasteiger partial charge in [0, 0.05) is 16.9 Å². The number of carbonyl (C=O) groups excluding carboxylic acids is 1. The summed E-state index contributed by atoms with van der Waals surface area (Å²) in [6.45, 7) is 5.27. The van der Waals surface area contributed by atoms with Crippen molar-refractivity contribution < 1.29 is 19.4 Å². The Morgan fingerprint density at radius 2 is 2.00 bits per heavy atom. The molecule has 1 aromatic rings. The van der Waals surface area contributed by atoms with E-state index in [1.54, 1.807) is 25.3 Å². The molecule has 0 heterocycles. The molecular formula is C15H20O4S. The maximum absolute atomic E-state index is 11.4. The lowest BCUT2D eigenvalue weighted by molar-refractivity contribution is -0.137. The fourth-order valence-corrected chi connectivity index (χ4v) is 2.95. The van der Waals surface area contributed by atoms with Gasteiger partial charge in [-0.3, -0.25) is 9.59 Å². The van der Waals surface area contributed by atoms with Crippen LogP contribution in [0.2, 0.25) is 0 Å². The minimum Gasteiger partial charge on any atom is -0.496 e. The van der Waals surface area contributed by atoms with Crippen molar-refractivity contribution in [1.29, 1.82) is 0 Å². The van der Waals surface area contributed by atoms with Gasteiger partial charge >= 0.3 is 5.97 Å². The first kappa shape index (κ1) is 16.6. The average Bonchev–Trinajstić information content (AvgIpc) is 2.37. The second-order valence-electron chi connectivity index (χ2n) is 4.90. The van der Waals surface area contributed by atoms with E-state index in [2.05, 4.69) is 0 Å². The third-order valence-corrected chi connectivity index (χ3v) is 4.54. The van der Waals surface area contributed by atoms with E-state index in [0.29, 0.717) is 17.1 Å². The molecule has 1 atom stereocenters. The highest BCUT2D eigenvalue weighted by Gasteiger charge is 2.22. The van der Waals surface area contributed by atoms with Crippen LogP contribution in [0.3, 0.4) is 0 Å². The van der Waals surface area contributed by atoms with E-state index in [0.717, 1.165) is 5.56 Å². The van der Waals surface area contributed by atoms with E-state index in [1.807, 2.05) is 13.8 Å². The van der Waals surface area contributed by atoms with Gasteiger partial charge in [-0.05, 0) is 31.0 Å². The van der Waals surface area contributed by atoms with Crippen molar-refractivity contribution in [3.05, 3.63) is 29.3 Å². The smallest absolute Gasteiger partial charge is 0.316 e. The molecule has 0 fully saturated rings. The molecule has 1 aromatic carbocycles.